The Hall–Kier alpha value is -2.85. The van der Waals surface area contributed by atoms with Gasteiger partial charge in [0.2, 0.25) is 11.8 Å². The number of carbonyl (C=O) groups is 3. The number of hydrogen-bond acceptors (Lipinski definition) is 5. The molecule has 0 aromatic carbocycles. The van der Waals surface area contributed by atoms with Crippen molar-refractivity contribution in [2.75, 3.05) is 45.2 Å². The molecule has 34 heavy (non-hydrogen) atoms. The van der Waals surface area contributed by atoms with Gasteiger partial charge >= 0.3 is 12.1 Å². The molecule has 3 rings (SSSR count). The number of fused-ring (bicyclic) bond motifs is 1. The van der Waals surface area contributed by atoms with Gasteiger partial charge in [-0.15, -0.1) is 0 Å². The number of halogens is 3. The average Bonchev–Trinajstić information content (AvgIpc) is 3.01. The highest BCUT2D eigenvalue weighted by Gasteiger charge is 2.54. The van der Waals surface area contributed by atoms with Crippen LogP contribution in [0.5, 0.6) is 0 Å². The number of anilines is 1. The first-order chi connectivity index (χ1) is 15.8. The number of pyridine rings is 1. The first kappa shape index (κ1) is 27.4. The van der Waals surface area contributed by atoms with E-state index < -0.39 is 17.6 Å². The van der Waals surface area contributed by atoms with E-state index in [1.165, 1.54) is 0 Å². The van der Waals surface area contributed by atoms with Gasteiger partial charge in [-0.3, -0.25) is 9.59 Å². The maximum Gasteiger partial charge on any atom is 0.490 e. The summed E-state index contributed by atoms with van der Waals surface area (Å²) in [5, 5.41) is 7.12. The maximum absolute atomic E-state index is 13.3. The van der Waals surface area contributed by atoms with Crippen molar-refractivity contribution < 1.29 is 32.7 Å². The lowest BCUT2D eigenvalue weighted by Crippen LogP contribution is -2.47. The summed E-state index contributed by atoms with van der Waals surface area (Å²) in [7, 11) is 3.67. The lowest BCUT2D eigenvalue weighted by Gasteiger charge is -2.34. The summed E-state index contributed by atoms with van der Waals surface area (Å²) >= 11 is 0. The Morgan fingerprint density at radius 1 is 1.24 bits per heavy atom. The number of carboxylic acids is 1. The van der Waals surface area contributed by atoms with Gasteiger partial charge in [0.05, 0.1) is 5.41 Å². The summed E-state index contributed by atoms with van der Waals surface area (Å²) < 4.78 is 31.7. The fourth-order valence-electron chi connectivity index (χ4n) is 4.65. The molecule has 2 fully saturated rings. The molecule has 2 atom stereocenters. The highest BCUT2D eigenvalue weighted by Crippen LogP contribution is 2.45. The molecule has 0 radical (unpaired) electrons. The zero-order valence-electron chi connectivity index (χ0n) is 20.0. The van der Waals surface area contributed by atoms with Crippen LogP contribution in [0.4, 0.5) is 19.0 Å². The molecule has 0 aliphatic carbocycles. The second-order valence-corrected chi connectivity index (χ2v) is 9.47. The average molecular weight is 487 g/mol. The fraction of sp³-hybridized carbons (Fsp3) is 0.652. The molecule has 0 bridgehead atoms. The third kappa shape index (κ3) is 6.60. The smallest absolute Gasteiger partial charge is 0.475 e. The second kappa shape index (κ2) is 11.1. The van der Waals surface area contributed by atoms with E-state index in [0.29, 0.717) is 25.4 Å². The van der Waals surface area contributed by atoms with Crippen LogP contribution in [-0.4, -0.2) is 84.1 Å². The van der Waals surface area contributed by atoms with E-state index in [2.05, 4.69) is 23.7 Å². The van der Waals surface area contributed by atoms with Crippen LogP contribution in [0.3, 0.4) is 0 Å². The Bertz CT molecular complexity index is 864. The van der Waals surface area contributed by atoms with Crippen LogP contribution >= 0.6 is 0 Å². The second-order valence-electron chi connectivity index (χ2n) is 9.47. The van der Waals surface area contributed by atoms with Crippen LogP contribution in [0.25, 0.3) is 0 Å². The number of carbonyl (C=O) groups excluding carboxylic acids is 2. The molecule has 2 amide bonds. The molecule has 2 aliphatic heterocycles. The van der Waals surface area contributed by atoms with E-state index in [9.17, 15) is 22.8 Å². The summed E-state index contributed by atoms with van der Waals surface area (Å²) in [6, 6.07) is 5.89. The van der Waals surface area contributed by atoms with Gasteiger partial charge in [-0.2, -0.15) is 13.2 Å². The van der Waals surface area contributed by atoms with E-state index in [-0.39, 0.29) is 17.7 Å². The number of likely N-dealkylation sites (tertiary alicyclic amines) is 1. The lowest BCUT2D eigenvalue weighted by atomic mass is 9.74. The van der Waals surface area contributed by atoms with Crippen LogP contribution in [0.2, 0.25) is 0 Å². The molecule has 3 heterocycles. The standard InChI is InChI=1S/C21H32N4O2.C2HF3O2/c1-16(2)12-19(26)24-11-7-9-21(20(27)23(3)4)15-25(14-17(21)13-24)18-8-5-6-10-22-18;3-2(4,5)1(6)7/h5-6,8,10,16-17H,7,9,11-15H2,1-4H3;(H,6,7)/t17-,21-;/m0./s1. The normalized spacial score (nSPS) is 22.4. The minimum atomic E-state index is -5.08. The predicted molar refractivity (Wildman–Crippen MR) is 120 cm³/mol. The Morgan fingerprint density at radius 2 is 1.88 bits per heavy atom. The summed E-state index contributed by atoms with van der Waals surface area (Å²) in [6.07, 6.45) is -1.02. The van der Waals surface area contributed by atoms with Gasteiger partial charge in [0, 0.05) is 58.8 Å². The zero-order chi connectivity index (χ0) is 25.7. The van der Waals surface area contributed by atoms with Crippen LogP contribution in [0.1, 0.15) is 33.1 Å². The van der Waals surface area contributed by atoms with Gasteiger partial charge in [-0.1, -0.05) is 19.9 Å². The molecule has 8 nitrogen and oxygen atoms in total. The summed E-state index contributed by atoms with van der Waals surface area (Å²) in [5.41, 5.74) is -0.437. The van der Waals surface area contributed by atoms with E-state index >= 15 is 0 Å². The topological polar surface area (TPSA) is 94.1 Å². The van der Waals surface area contributed by atoms with Gasteiger partial charge in [0.15, 0.2) is 0 Å². The van der Waals surface area contributed by atoms with E-state index in [1.54, 1.807) is 11.1 Å². The van der Waals surface area contributed by atoms with Crippen LogP contribution in [0.15, 0.2) is 24.4 Å². The zero-order valence-corrected chi connectivity index (χ0v) is 20.0. The molecule has 1 aromatic rings. The number of nitrogens with zero attached hydrogens (tertiary/aromatic N) is 4. The first-order valence-corrected chi connectivity index (χ1v) is 11.2. The van der Waals surface area contributed by atoms with Crippen molar-refractivity contribution in [2.24, 2.45) is 17.3 Å². The Balaban J connectivity index is 0.000000509. The van der Waals surface area contributed by atoms with Crippen LogP contribution in [0, 0.1) is 17.3 Å². The van der Waals surface area contributed by atoms with E-state index in [4.69, 9.17) is 9.90 Å². The van der Waals surface area contributed by atoms with Crippen molar-refractivity contribution >= 4 is 23.6 Å². The van der Waals surface area contributed by atoms with Gasteiger partial charge in [0.25, 0.3) is 0 Å². The Labute approximate surface area is 197 Å². The molecule has 2 saturated heterocycles. The van der Waals surface area contributed by atoms with Gasteiger partial charge < -0.3 is 19.8 Å². The van der Waals surface area contributed by atoms with Crippen molar-refractivity contribution in [1.82, 2.24) is 14.8 Å². The molecule has 11 heteroatoms. The van der Waals surface area contributed by atoms with Crippen molar-refractivity contribution in [3.05, 3.63) is 24.4 Å². The number of aromatic nitrogens is 1. The lowest BCUT2D eigenvalue weighted by molar-refractivity contribution is -0.192. The molecule has 0 saturated carbocycles. The molecule has 1 N–H and O–H groups in total. The molecule has 0 spiro atoms. The van der Waals surface area contributed by atoms with Gasteiger partial charge in [-0.05, 0) is 30.9 Å². The number of aliphatic carboxylic acids is 1. The third-order valence-corrected chi connectivity index (χ3v) is 6.17. The molecule has 1 aromatic heterocycles. The Morgan fingerprint density at radius 3 is 2.38 bits per heavy atom. The highest BCUT2D eigenvalue weighted by molar-refractivity contribution is 5.85. The number of rotatable bonds is 4. The minimum absolute atomic E-state index is 0.132. The fourth-order valence-corrected chi connectivity index (χ4v) is 4.65. The van der Waals surface area contributed by atoms with E-state index in [1.807, 2.05) is 37.2 Å². The first-order valence-electron chi connectivity index (χ1n) is 11.2. The van der Waals surface area contributed by atoms with Crippen molar-refractivity contribution in [1.29, 1.82) is 0 Å². The SMILES string of the molecule is CC(C)CC(=O)N1CCC[C@]2(C(=O)N(C)C)CN(c3ccccn3)C[C@@H]2C1.O=C(O)C(F)(F)F. The predicted octanol–water partition coefficient (Wildman–Crippen LogP) is 2.89. The molecular weight excluding hydrogens is 453 g/mol. The number of alkyl halides is 3. The van der Waals surface area contributed by atoms with Crippen LogP contribution < -0.4 is 4.90 Å². The van der Waals surface area contributed by atoms with E-state index in [0.717, 1.165) is 31.7 Å². The van der Waals surface area contributed by atoms with Crippen molar-refractivity contribution in [3.8, 4) is 0 Å². The number of hydrogen-bond donors (Lipinski definition) is 1. The maximum atomic E-state index is 13.3. The largest absolute Gasteiger partial charge is 0.490 e. The summed E-state index contributed by atoms with van der Waals surface area (Å²) in [4.78, 5) is 45.3. The van der Waals surface area contributed by atoms with Gasteiger partial charge in [0.1, 0.15) is 5.82 Å². The molecular formula is C23H33F3N4O4. The Kier molecular flexibility index (Phi) is 8.90. The third-order valence-electron chi connectivity index (χ3n) is 6.17. The summed E-state index contributed by atoms with van der Waals surface area (Å²) in [5.74, 6) is -0.960. The monoisotopic (exact) mass is 486 g/mol. The molecule has 190 valence electrons. The quantitative estimate of drug-likeness (QED) is 0.704. The number of carboxylic acid groups (broad SMARTS) is 1. The number of amides is 2. The van der Waals surface area contributed by atoms with Gasteiger partial charge in [-0.25, -0.2) is 9.78 Å². The minimum Gasteiger partial charge on any atom is -0.475 e. The van der Waals surface area contributed by atoms with Crippen LogP contribution in [-0.2, 0) is 14.4 Å². The molecule has 2 aliphatic rings. The van der Waals surface area contributed by atoms with Crippen molar-refractivity contribution in [3.63, 3.8) is 0 Å². The molecule has 0 unspecified atom stereocenters. The highest BCUT2D eigenvalue weighted by atomic mass is 19.4. The summed E-state index contributed by atoms with van der Waals surface area (Å²) in [6.45, 7) is 7.02. The van der Waals surface area contributed by atoms with Crippen molar-refractivity contribution in [2.45, 2.75) is 39.3 Å².